The summed E-state index contributed by atoms with van der Waals surface area (Å²) in [6.45, 7) is 3.88. The Labute approximate surface area is 109 Å². The van der Waals surface area contributed by atoms with Gasteiger partial charge in [0.2, 0.25) is 0 Å². The topological polar surface area (TPSA) is 29.5 Å². The summed E-state index contributed by atoms with van der Waals surface area (Å²) in [7, 11) is 0. The van der Waals surface area contributed by atoms with E-state index in [1.165, 1.54) is 0 Å². The largest absolute Gasteiger partial charge is 0.488 e. The minimum Gasteiger partial charge on any atom is -0.488 e. The van der Waals surface area contributed by atoms with E-state index in [0.29, 0.717) is 11.4 Å². The summed E-state index contributed by atoms with van der Waals surface area (Å²) >= 11 is 7.82. The number of hydrogen-bond donors (Lipinski definition) is 1. The molecule has 1 N–H and O–H groups in total. The number of hydrogen-bond acceptors (Lipinski definition) is 2. The zero-order chi connectivity index (χ0) is 11.5. The predicted octanol–water partition coefficient (Wildman–Crippen LogP) is 3.64. The minimum atomic E-state index is -0.406. The van der Waals surface area contributed by atoms with E-state index >= 15 is 0 Å². The van der Waals surface area contributed by atoms with E-state index in [0.717, 1.165) is 5.75 Å². The SMILES string of the molecule is CC(C)(CC(O)I)Oc1cccc(Cl)c1. The molecular weight excluding hydrogens is 326 g/mol. The lowest BCUT2D eigenvalue weighted by Gasteiger charge is -2.27. The highest BCUT2D eigenvalue weighted by atomic mass is 127. The van der Waals surface area contributed by atoms with Gasteiger partial charge in [-0.1, -0.05) is 40.3 Å². The molecule has 0 heterocycles. The van der Waals surface area contributed by atoms with Gasteiger partial charge in [0.1, 0.15) is 15.5 Å². The Morgan fingerprint density at radius 2 is 2.20 bits per heavy atom. The molecule has 0 aliphatic rings. The van der Waals surface area contributed by atoms with Gasteiger partial charge >= 0.3 is 0 Å². The Morgan fingerprint density at radius 3 is 2.73 bits per heavy atom. The van der Waals surface area contributed by atoms with Crippen molar-refractivity contribution in [3.63, 3.8) is 0 Å². The van der Waals surface area contributed by atoms with Gasteiger partial charge in [-0.15, -0.1) is 0 Å². The summed E-state index contributed by atoms with van der Waals surface area (Å²) in [6, 6.07) is 7.26. The Balaban J connectivity index is 2.68. The third kappa shape index (κ3) is 5.04. The van der Waals surface area contributed by atoms with E-state index in [9.17, 15) is 5.11 Å². The van der Waals surface area contributed by atoms with Crippen molar-refractivity contribution in [3.8, 4) is 5.75 Å². The molecule has 0 aromatic heterocycles. The van der Waals surface area contributed by atoms with Crippen molar-refractivity contribution < 1.29 is 9.84 Å². The number of aliphatic hydroxyl groups excluding tert-OH is 1. The monoisotopic (exact) mass is 340 g/mol. The van der Waals surface area contributed by atoms with Gasteiger partial charge in [-0.25, -0.2) is 0 Å². The second-order valence-corrected chi connectivity index (χ2v) is 5.83. The highest BCUT2D eigenvalue weighted by Crippen LogP contribution is 2.25. The predicted molar refractivity (Wildman–Crippen MR) is 70.8 cm³/mol. The number of rotatable bonds is 4. The lowest BCUT2D eigenvalue weighted by Crippen LogP contribution is -2.31. The minimum absolute atomic E-state index is 0.398. The maximum Gasteiger partial charge on any atom is 0.121 e. The lowest BCUT2D eigenvalue weighted by atomic mass is 10.1. The molecule has 4 heteroatoms. The van der Waals surface area contributed by atoms with Crippen LogP contribution in [0.15, 0.2) is 24.3 Å². The molecule has 1 rings (SSSR count). The van der Waals surface area contributed by atoms with Gasteiger partial charge < -0.3 is 9.84 Å². The standard InChI is InChI=1S/C11H14ClIO2/c1-11(2,7-10(13)14)15-9-5-3-4-8(12)6-9/h3-6,10,14H,7H2,1-2H3. The third-order valence-electron chi connectivity index (χ3n) is 1.85. The summed E-state index contributed by atoms with van der Waals surface area (Å²) in [5, 5.41) is 9.95. The fourth-order valence-electron chi connectivity index (χ4n) is 1.30. The highest BCUT2D eigenvalue weighted by molar-refractivity contribution is 14.1. The summed E-state index contributed by atoms with van der Waals surface area (Å²) in [5.41, 5.74) is -0.398. The molecule has 84 valence electrons. The molecule has 1 aromatic rings. The molecule has 1 atom stereocenters. The van der Waals surface area contributed by atoms with Crippen LogP contribution in [0.5, 0.6) is 5.75 Å². The van der Waals surface area contributed by atoms with Crippen molar-refractivity contribution in [2.45, 2.75) is 30.0 Å². The molecule has 0 aliphatic carbocycles. The van der Waals surface area contributed by atoms with Gasteiger partial charge in [-0.2, -0.15) is 0 Å². The Morgan fingerprint density at radius 1 is 1.53 bits per heavy atom. The number of benzene rings is 1. The summed E-state index contributed by atoms with van der Waals surface area (Å²) in [6.07, 6.45) is 0.570. The fourth-order valence-corrected chi connectivity index (χ4v) is 2.54. The molecule has 1 aromatic carbocycles. The first kappa shape index (κ1) is 13.1. The van der Waals surface area contributed by atoms with Gasteiger partial charge in [-0.3, -0.25) is 0 Å². The van der Waals surface area contributed by atoms with Crippen molar-refractivity contribution in [3.05, 3.63) is 29.3 Å². The molecular formula is C11H14ClIO2. The first-order chi connectivity index (χ1) is 6.89. The van der Waals surface area contributed by atoms with Crippen molar-refractivity contribution in [2.24, 2.45) is 0 Å². The average Bonchev–Trinajstić information content (AvgIpc) is 1.99. The van der Waals surface area contributed by atoms with Crippen LogP contribution in [0, 0.1) is 0 Å². The lowest BCUT2D eigenvalue weighted by molar-refractivity contribution is 0.0715. The van der Waals surface area contributed by atoms with E-state index in [-0.39, 0.29) is 0 Å². The Bertz CT molecular complexity index is 326. The van der Waals surface area contributed by atoms with Crippen LogP contribution in [0.1, 0.15) is 20.3 Å². The normalized spacial score (nSPS) is 13.7. The van der Waals surface area contributed by atoms with Crippen molar-refractivity contribution >= 4 is 34.2 Å². The molecule has 2 nitrogen and oxygen atoms in total. The molecule has 1 unspecified atom stereocenters. The van der Waals surface area contributed by atoms with Crippen LogP contribution in [0.4, 0.5) is 0 Å². The molecule has 0 saturated heterocycles. The Kier molecular flexibility index (Phi) is 4.67. The van der Waals surface area contributed by atoms with Crippen LogP contribution in [0.3, 0.4) is 0 Å². The molecule has 0 spiro atoms. The number of alkyl halides is 1. The Hall–Kier alpha value is -0.000000000000000111. The van der Waals surface area contributed by atoms with Gasteiger partial charge in [0.05, 0.1) is 0 Å². The van der Waals surface area contributed by atoms with E-state index < -0.39 is 9.71 Å². The van der Waals surface area contributed by atoms with Gasteiger partial charge in [0.15, 0.2) is 0 Å². The van der Waals surface area contributed by atoms with E-state index in [4.69, 9.17) is 16.3 Å². The van der Waals surface area contributed by atoms with Crippen molar-refractivity contribution in [1.29, 1.82) is 0 Å². The summed E-state index contributed by atoms with van der Waals surface area (Å²) in [5.74, 6) is 0.726. The molecule has 0 aliphatic heterocycles. The number of ether oxygens (including phenoxy) is 1. The maximum absolute atomic E-state index is 9.30. The number of aliphatic hydroxyl groups is 1. The number of halogens is 2. The van der Waals surface area contributed by atoms with Crippen LogP contribution < -0.4 is 4.74 Å². The zero-order valence-corrected chi connectivity index (χ0v) is 11.6. The van der Waals surface area contributed by atoms with E-state index in [1.807, 2.05) is 48.6 Å². The van der Waals surface area contributed by atoms with Gasteiger partial charge in [-0.05, 0) is 32.0 Å². The summed E-state index contributed by atoms with van der Waals surface area (Å²) < 4.78 is 5.34. The van der Waals surface area contributed by atoms with E-state index in [2.05, 4.69) is 0 Å². The van der Waals surface area contributed by atoms with Crippen molar-refractivity contribution in [1.82, 2.24) is 0 Å². The second kappa shape index (κ2) is 5.37. The molecule has 0 radical (unpaired) electrons. The smallest absolute Gasteiger partial charge is 0.121 e. The van der Waals surface area contributed by atoms with Crippen LogP contribution in [-0.2, 0) is 0 Å². The first-order valence-corrected chi connectivity index (χ1v) is 6.28. The van der Waals surface area contributed by atoms with Gasteiger partial charge in [0.25, 0.3) is 0 Å². The van der Waals surface area contributed by atoms with Crippen molar-refractivity contribution in [2.75, 3.05) is 0 Å². The third-order valence-corrected chi connectivity index (χ3v) is 2.53. The molecule has 0 amide bonds. The highest BCUT2D eigenvalue weighted by Gasteiger charge is 2.22. The molecule has 0 fully saturated rings. The molecule has 0 saturated carbocycles. The van der Waals surface area contributed by atoms with Crippen LogP contribution in [0.2, 0.25) is 5.02 Å². The van der Waals surface area contributed by atoms with E-state index in [1.54, 1.807) is 12.1 Å². The van der Waals surface area contributed by atoms with Crippen LogP contribution in [-0.4, -0.2) is 14.8 Å². The van der Waals surface area contributed by atoms with Gasteiger partial charge in [0, 0.05) is 11.4 Å². The molecule has 0 bridgehead atoms. The quantitative estimate of drug-likeness (QED) is 0.670. The average molecular weight is 341 g/mol. The fraction of sp³-hybridized carbons (Fsp3) is 0.455. The maximum atomic E-state index is 9.30. The molecule has 15 heavy (non-hydrogen) atoms. The zero-order valence-electron chi connectivity index (χ0n) is 8.71. The summed E-state index contributed by atoms with van der Waals surface area (Å²) in [4.78, 5) is 0. The second-order valence-electron chi connectivity index (χ2n) is 3.96. The first-order valence-electron chi connectivity index (χ1n) is 4.66. The van der Waals surface area contributed by atoms with Crippen LogP contribution in [0.25, 0.3) is 0 Å². The van der Waals surface area contributed by atoms with Crippen LogP contribution >= 0.6 is 34.2 Å².